The lowest BCUT2D eigenvalue weighted by molar-refractivity contribution is -0.125. The van der Waals surface area contributed by atoms with Crippen LogP contribution in [0, 0.1) is 0 Å². The zero-order valence-electron chi connectivity index (χ0n) is 10.6. The average molecular weight is 268 g/mol. The minimum Gasteiger partial charge on any atom is -0.493 e. The number of rotatable bonds is 6. The number of carbonyl (C=O) groups is 1. The molecule has 1 aromatic rings. The molecule has 1 amide bonds. The molecule has 19 heavy (non-hydrogen) atoms. The zero-order valence-corrected chi connectivity index (χ0v) is 10.6. The Morgan fingerprint density at radius 3 is 2.95 bits per heavy atom. The fourth-order valence-corrected chi connectivity index (χ4v) is 1.69. The second-order valence-electron chi connectivity index (χ2n) is 3.90. The first-order valence-corrected chi connectivity index (χ1v) is 5.80. The van der Waals surface area contributed by atoms with E-state index in [1.165, 1.54) is 0 Å². The van der Waals surface area contributed by atoms with Gasteiger partial charge >= 0.3 is 0 Å². The maximum atomic E-state index is 10.5. The molecule has 0 aromatic heterocycles. The summed E-state index contributed by atoms with van der Waals surface area (Å²) in [5.41, 5.74) is 8.47. The number of hydrogen-bond donors (Lipinski definition) is 2. The molecule has 0 unspecified atom stereocenters. The van der Waals surface area contributed by atoms with Gasteiger partial charge in [0.1, 0.15) is 19.8 Å². The molecule has 7 heteroatoms. The molecule has 0 saturated heterocycles. The fraction of sp³-hybridized carbons (Fsp3) is 0.417. The summed E-state index contributed by atoms with van der Waals surface area (Å²) in [6.45, 7) is 1.22. The first kappa shape index (κ1) is 13.4. The van der Waals surface area contributed by atoms with Crippen molar-refractivity contribution in [3.8, 4) is 17.2 Å². The van der Waals surface area contributed by atoms with Crippen LogP contribution in [0.2, 0.25) is 0 Å². The van der Waals surface area contributed by atoms with Crippen LogP contribution in [0.1, 0.15) is 5.56 Å². The highest BCUT2D eigenvalue weighted by molar-refractivity contribution is 5.74. The van der Waals surface area contributed by atoms with Gasteiger partial charge in [-0.15, -0.1) is 0 Å². The number of methoxy groups -OCH3 is 1. The van der Waals surface area contributed by atoms with Gasteiger partial charge in [0.15, 0.2) is 11.5 Å². The van der Waals surface area contributed by atoms with Crippen LogP contribution in [0.25, 0.3) is 0 Å². The Labute approximate surface area is 110 Å². The van der Waals surface area contributed by atoms with Crippen molar-refractivity contribution in [3.63, 3.8) is 0 Å². The Balaban J connectivity index is 2.02. The molecule has 2 rings (SSSR count). The highest BCUT2D eigenvalue weighted by Crippen LogP contribution is 2.40. The maximum Gasteiger partial charge on any atom is 0.245 e. The predicted molar refractivity (Wildman–Crippen MR) is 66.0 cm³/mol. The average Bonchev–Trinajstić information content (AvgIpc) is 2.42. The highest BCUT2D eigenvalue weighted by atomic mass is 16.6. The Bertz CT molecular complexity index is 446. The minimum atomic E-state index is -0.535. The summed E-state index contributed by atoms with van der Waals surface area (Å²) in [5, 5.41) is 0. The van der Waals surface area contributed by atoms with Crippen LogP contribution in [-0.2, 0) is 16.2 Å². The van der Waals surface area contributed by atoms with E-state index in [0.29, 0.717) is 37.0 Å². The van der Waals surface area contributed by atoms with Crippen molar-refractivity contribution in [2.24, 2.45) is 5.73 Å². The number of nitrogens with one attached hydrogen (secondary N) is 1. The Kier molecular flexibility index (Phi) is 4.43. The van der Waals surface area contributed by atoms with Gasteiger partial charge in [0, 0.05) is 6.54 Å². The van der Waals surface area contributed by atoms with Gasteiger partial charge in [0.2, 0.25) is 11.7 Å². The summed E-state index contributed by atoms with van der Waals surface area (Å²) >= 11 is 0. The largest absolute Gasteiger partial charge is 0.493 e. The molecule has 0 fully saturated rings. The van der Waals surface area contributed by atoms with E-state index < -0.39 is 5.91 Å². The molecule has 0 aliphatic carbocycles. The summed E-state index contributed by atoms with van der Waals surface area (Å²) in [7, 11) is 1.56. The first-order chi connectivity index (χ1) is 9.20. The van der Waals surface area contributed by atoms with Crippen molar-refractivity contribution in [2.45, 2.75) is 6.54 Å². The molecule has 1 aliphatic heterocycles. The van der Waals surface area contributed by atoms with Crippen LogP contribution in [0.15, 0.2) is 12.1 Å². The Hall–Kier alpha value is -1.99. The number of benzene rings is 1. The number of carbonyl (C=O) groups excluding carboxylic acids is 1. The van der Waals surface area contributed by atoms with Gasteiger partial charge in [-0.05, 0) is 17.7 Å². The van der Waals surface area contributed by atoms with E-state index >= 15 is 0 Å². The van der Waals surface area contributed by atoms with E-state index in [4.69, 9.17) is 24.8 Å². The molecule has 1 heterocycles. The molecule has 7 nitrogen and oxygen atoms in total. The smallest absolute Gasteiger partial charge is 0.245 e. The van der Waals surface area contributed by atoms with Crippen molar-refractivity contribution in [1.29, 1.82) is 0 Å². The summed E-state index contributed by atoms with van der Waals surface area (Å²) in [5.74, 6) is 1.31. The van der Waals surface area contributed by atoms with Gasteiger partial charge in [-0.2, -0.15) is 5.48 Å². The summed E-state index contributed by atoms with van der Waals surface area (Å²) in [6.07, 6.45) is 0. The van der Waals surface area contributed by atoms with Gasteiger partial charge in [0.25, 0.3) is 0 Å². The van der Waals surface area contributed by atoms with Crippen molar-refractivity contribution in [2.75, 3.05) is 26.9 Å². The number of hydroxylamine groups is 1. The second-order valence-corrected chi connectivity index (χ2v) is 3.90. The van der Waals surface area contributed by atoms with Gasteiger partial charge in [-0.25, -0.2) is 0 Å². The summed E-state index contributed by atoms with van der Waals surface area (Å²) < 4.78 is 16.2. The number of nitrogens with two attached hydrogens (primary N) is 1. The molecule has 0 radical (unpaired) electrons. The van der Waals surface area contributed by atoms with E-state index in [0.717, 1.165) is 5.56 Å². The molecule has 0 bridgehead atoms. The van der Waals surface area contributed by atoms with Gasteiger partial charge < -0.3 is 19.9 Å². The van der Waals surface area contributed by atoms with Crippen molar-refractivity contribution in [3.05, 3.63) is 17.7 Å². The summed E-state index contributed by atoms with van der Waals surface area (Å²) in [4.78, 5) is 15.4. The van der Waals surface area contributed by atoms with E-state index in [-0.39, 0.29) is 6.61 Å². The molecular weight excluding hydrogens is 252 g/mol. The highest BCUT2D eigenvalue weighted by Gasteiger charge is 2.18. The number of fused-ring (bicyclic) bond motifs is 1. The first-order valence-electron chi connectivity index (χ1n) is 5.80. The third-order valence-corrected chi connectivity index (χ3v) is 2.48. The van der Waals surface area contributed by atoms with E-state index in [1.54, 1.807) is 7.11 Å². The van der Waals surface area contributed by atoms with E-state index in [9.17, 15) is 4.79 Å². The number of hydrogen-bond acceptors (Lipinski definition) is 6. The van der Waals surface area contributed by atoms with Crippen LogP contribution in [-0.4, -0.2) is 32.8 Å². The molecule has 0 spiro atoms. The van der Waals surface area contributed by atoms with Crippen LogP contribution >= 0.6 is 0 Å². The number of ether oxygens (including phenoxy) is 3. The molecule has 3 N–H and O–H groups in total. The molecular formula is C12H16N2O5. The lowest BCUT2D eigenvalue weighted by atomic mass is 10.1. The van der Waals surface area contributed by atoms with Crippen molar-refractivity contribution in [1.82, 2.24) is 5.48 Å². The van der Waals surface area contributed by atoms with E-state index in [1.807, 2.05) is 12.1 Å². The second kappa shape index (κ2) is 6.26. The zero-order chi connectivity index (χ0) is 13.7. The van der Waals surface area contributed by atoms with Crippen LogP contribution in [0.5, 0.6) is 17.2 Å². The quantitative estimate of drug-likeness (QED) is 0.556. The van der Waals surface area contributed by atoms with Crippen LogP contribution in [0.3, 0.4) is 0 Å². The number of primary amides is 1. The molecule has 1 aromatic carbocycles. The lowest BCUT2D eigenvalue weighted by Crippen LogP contribution is -2.24. The summed E-state index contributed by atoms with van der Waals surface area (Å²) in [6, 6.07) is 3.64. The fourth-order valence-electron chi connectivity index (χ4n) is 1.69. The Morgan fingerprint density at radius 2 is 2.21 bits per heavy atom. The molecule has 0 saturated carbocycles. The van der Waals surface area contributed by atoms with Crippen LogP contribution in [0.4, 0.5) is 0 Å². The monoisotopic (exact) mass is 268 g/mol. The van der Waals surface area contributed by atoms with Gasteiger partial charge in [0.05, 0.1) is 7.11 Å². The van der Waals surface area contributed by atoms with Gasteiger partial charge in [-0.1, -0.05) is 0 Å². The minimum absolute atomic E-state index is 0.179. The van der Waals surface area contributed by atoms with Crippen molar-refractivity contribution >= 4 is 5.91 Å². The van der Waals surface area contributed by atoms with Crippen LogP contribution < -0.4 is 25.4 Å². The molecule has 104 valence electrons. The maximum absolute atomic E-state index is 10.5. The lowest BCUT2D eigenvalue weighted by Gasteiger charge is -2.21. The third-order valence-electron chi connectivity index (χ3n) is 2.48. The number of amides is 1. The van der Waals surface area contributed by atoms with E-state index in [2.05, 4.69) is 5.48 Å². The van der Waals surface area contributed by atoms with Crippen molar-refractivity contribution < 1.29 is 23.8 Å². The third kappa shape index (κ3) is 3.49. The normalized spacial score (nSPS) is 13.1. The standard InChI is InChI=1S/C12H16N2O5/c1-16-9-4-8(6-14-19-7-11(13)15)5-10-12(9)18-3-2-17-10/h4-5,14H,2-3,6-7H2,1H3,(H2,13,15). The Morgan fingerprint density at radius 1 is 1.42 bits per heavy atom. The molecule has 1 aliphatic rings. The molecule has 0 atom stereocenters. The SMILES string of the molecule is COc1cc(CNOCC(N)=O)cc2c1OCCO2. The van der Waals surface area contributed by atoms with Gasteiger partial charge in [-0.3, -0.25) is 9.63 Å². The topological polar surface area (TPSA) is 92.0 Å². The predicted octanol–water partition coefficient (Wildman–Crippen LogP) is -0.0271.